The summed E-state index contributed by atoms with van der Waals surface area (Å²) in [6.45, 7) is 4.92. The average molecular weight is 654 g/mol. The molecule has 0 fully saturated rings. The summed E-state index contributed by atoms with van der Waals surface area (Å²) in [5.74, 6) is -0.844. The molecule has 0 radical (unpaired) electrons. The molecule has 0 spiro atoms. The van der Waals surface area contributed by atoms with Crippen LogP contribution >= 0.6 is 34.2 Å². The molecule has 10 heteroatoms. The number of nitrogens with one attached hydrogen (secondary N) is 1. The number of nitrogens with zero attached hydrogens (tertiary/aromatic N) is 2. The van der Waals surface area contributed by atoms with Gasteiger partial charge in [-0.1, -0.05) is 41.9 Å². The monoisotopic (exact) mass is 653 g/mol. The molecule has 0 saturated heterocycles. The summed E-state index contributed by atoms with van der Waals surface area (Å²) in [4.78, 5) is 28.1. The maximum atomic E-state index is 13.8. The molecule has 7 nitrogen and oxygen atoms in total. The number of carbonyl (C=O) groups excluding carboxylic acids is 2. The second-order valence-corrected chi connectivity index (χ2v) is 12.3. The van der Waals surface area contributed by atoms with Crippen LogP contribution in [0.2, 0.25) is 5.02 Å². The predicted molar refractivity (Wildman–Crippen MR) is 155 cm³/mol. The first-order valence-corrected chi connectivity index (χ1v) is 14.6. The van der Waals surface area contributed by atoms with Crippen LogP contribution in [0.25, 0.3) is 0 Å². The summed E-state index contributed by atoms with van der Waals surface area (Å²) in [6.07, 6.45) is 0. The normalized spacial score (nSPS) is 12.2. The molecule has 3 aromatic carbocycles. The van der Waals surface area contributed by atoms with Gasteiger partial charge < -0.3 is 10.2 Å². The van der Waals surface area contributed by atoms with Crippen LogP contribution in [0.1, 0.15) is 26.3 Å². The van der Waals surface area contributed by atoms with Crippen LogP contribution in [0.15, 0.2) is 83.8 Å². The summed E-state index contributed by atoms with van der Waals surface area (Å²) in [6, 6.07) is 20.8. The van der Waals surface area contributed by atoms with Crippen molar-refractivity contribution >= 4 is 61.7 Å². The van der Waals surface area contributed by atoms with Crippen molar-refractivity contribution in [1.82, 2.24) is 10.2 Å². The summed E-state index contributed by atoms with van der Waals surface area (Å²) in [5.41, 5.74) is 1.11. The van der Waals surface area contributed by atoms with Gasteiger partial charge in [-0.15, -0.1) is 0 Å². The molecule has 0 aliphatic rings. The Hall–Kier alpha value is -2.63. The lowest BCUT2D eigenvalue weighted by molar-refractivity contribution is -0.139. The van der Waals surface area contributed by atoms with Crippen LogP contribution in [0.4, 0.5) is 5.69 Å². The number of anilines is 1. The molecule has 1 N–H and O–H groups in total. The SMILES string of the molecule is CC(C)NC(=O)[C@@H](C)N(Cc1ccc(Cl)cc1)C(=O)CN(c1ccc(I)cc1)S(=O)(=O)c1ccccc1. The molecule has 0 aromatic heterocycles. The van der Waals surface area contributed by atoms with E-state index in [0.717, 1.165) is 13.4 Å². The van der Waals surface area contributed by atoms with Crippen LogP contribution in [-0.2, 0) is 26.2 Å². The van der Waals surface area contributed by atoms with Crippen LogP contribution in [0, 0.1) is 3.57 Å². The molecule has 2 amide bonds. The van der Waals surface area contributed by atoms with Gasteiger partial charge in [-0.3, -0.25) is 13.9 Å². The molecular formula is C27H29ClIN3O4S. The van der Waals surface area contributed by atoms with Crippen molar-refractivity contribution in [3.05, 3.63) is 93.0 Å². The van der Waals surface area contributed by atoms with Crippen molar-refractivity contribution in [2.45, 2.75) is 44.3 Å². The van der Waals surface area contributed by atoms with E-state index in [4.69, 9.17) is 11.6 Å². The summed E-state index contributed by atoms with van der Waals surface area (Å²) < 4.78 is 29.4. The number of amides is 2. The Bertz CT molecular complexity index is 1320. The lowest BCUT2D eigenvalue weighted by atomic mass is 10.1. The van der Waals surface area contributed by atoms with Gasteiger partial charge in [-0.25, -0.2) is 8.42 Å². The van der Waals surface area contributed by atoms with E-state index in [9.17, 15) is 18.0 Å². The van der Waals surface area contributed by atoms with Crippen LogP contribution < -0.4 is 9.62 Å². The average Bonchev–Trinajstić information content (AvgIpc) is 2.87. The van der Waals surface area contributed by atoms with Crippen LogP contribution in [0.3, 0.4) is 0 Å². The maximum Gasteiger partial charge on any atom is 0.264 e. The molecule has 0 unspecified atom stereocenters. The minimum absolute atomic E-state index is 0.0659. The van der Waals surface area contributed by atoms with Gasteiger partial charge in [0, 0.05) is 21.2 Å². The van der Waals surface area contributed by atoms with Crippen molar-refractivity contribution in [3.8, 4) is 0 Å². The molecule has 0 saturated carbocycles. The van der Waals surface area contributed by atoms with E-state index in [1.807, 2.05) is 13.8 Å². The molecule has 0 aliphatic carbocycles. The third-order valence-corrected chi connectivity index (χ3v) is 8.35. The highest BCUT2D eigenvalue weighted by atomic mass is 127. The zero-order valence-electron chi connectivity index (χ0n) is 20.8. The molecule has 1 atom stereocenters. The van der Waals surface area contributed by atoms with Gasteiger partial charge in [-0.2, -0.15) is 0 Å². The van der Waals surface area contributed by atoms with Crippen molar-refractivity contribution in [2.24, 2.45) is 0 Å². The second-order valence-electron chi connectivity index (χ2n) is 8.79. The van der Waals surface area contributed by atoms with Crippen LogP contribution in [0.5, 0.6) is 0 Å². The molecule has 3 aromatic rings. The third-order valence-electron chi connectivity index (χ3n) is 5.59. The number of sulfonamides is 1. The van der Waals surface area contributed by atoms with Crippen molar-refractivity contribution in [3.63, 3.8) is 0 Å². The van der Waals surface area contributed by atoms with Crippen molar-refractivity contribution in [2.75, 3.05) is 10.8 Å². The van der Waals surface area contributed by atoms with E-state index in [0.29, 0.717) is 10.7 Å². The zero-order valence-corrected chi connectivity index (χ0v) is 24.5. The Labute approximate surface area is 237 Å². The molecule has 0 bridgehead atoms. The first-order chi connectivity index (χ1) is 17.5. The number of rotatable bonds is 10. The fraction of sp³-hybridized carbons (Fsp3) is 0.259. The van der Waals surface area contributed by atoms with Gasteiger partial charge in [-0.05, 0) is 97.5 Å². The predicted octanol–water partition coefficient (Wildman–Crippen LogP) is 5.08. The Morgan fingerprint density at radius 3 is 2.08 bits per heavy atom. The van der Waals surface area contributed by atoms with Crippen molar-refractivity contribution < 1.29 is 18.0 Å². The minimum atomic E-state index is -4.07. The molecule has 3 rings (SSSR count). The highest BCUT2D eigenvalue weighted by Gasteiger charge is 2.32. The summed E-state index contributed by atoms with van der Waals surface area (Å²) in [7, 11) is -4.07. The fourth-order valence-corrected chi connectivity index (χ4v) is 5.55. The van der Waals surface area contributed by atoms with E-state index in [2.05, 4.69) is 27.9 Å². The third kappa shape index (κ3) is 7.68. The first-order valence-electron chi connectivity index (χ1n) is 11.7. The summed E-state index contributed by atoms with van der Waals surface area (Å²) >= 11 is 8.15. The maximum absolute atomic E-state index is 13.8. The van der Waals surface area contributed by atoms with E-state index in [1.54, 1.807) is 73.7 Å². The summed E-state index contributed by atoms with van der Waals surface area (Å²) in [5, 5.41) is 3.38. The van der Waals surface area contributed by atoms with E-state index in [1.165, 1.54) is 17.0 Å². The van der Waals surface area contributed by atoms with Gasteiger partial charge in [0.05, 0.1) is 10.6 Å². The lowest BCUT2D eigenvalue weighted by Crippen LogP contribution is -2.52. The smallest absolute Gasteiger partial charge is 0.264 e. The fourth-order valence-electron chi connectivity index (χ4n) is 3.63. The van der Waals surface area contributed by atoms with Gasteiger partial charge in [0.2, 0.25) is 11.8 Å². The van der Waals surface area contributed by atoms with Gasteiger partial charge in [0.25, 0.3) is 10.0 Å². The number of hydrogen-bond acceptors (Lipinski definition) is 4. The lowest BCUT2D eigenvalue weighted by Gasteiger charge is -2.32. The molecule has 0 heterocycles. The molecule has 37 heavy (non-hydrogen) atoms. The van der Waals surface area contributed by atoms with Crippen LogP contribution in [-0.4, -0.2) is 43.8 Å². The molecule has 0 aliphatic heterocycles. The van der Waals surface area contributed by atoms with E-state index < -0.39 is 28.5 Å². The zero-order chi connectivity index (χ0) is 27.2. The number of benzene rings is 3. The van der Waals surface area contributed by atoms with Gasteiger partial charge in [0.15, 0.2) is 0 Å². The highest BCUT2D eigenvalue weighted by Crippen LogP contribution is 2.25. The van der Waals surface area contributed by atoms with Gasteiger partial charge in [0.1, 0.15) is 12.6 Å². The quantitative estimate of drug-likeness (QED) is 0.309. The number of carbonyl (C=O) groups is 2. The Morgan fingerprint density at radius 1 is 0.919 bits per heavy atom. The highest BCUT2D eigenvalue weighted by molar-refractivity contribution is 14.1. The number of hydrogen-bond donors (Lipinski definition) is 1. The second kappa shape index (κ2) is 12.7. The van der Waals surface area contributed by atoms with Gasteiger partial charge >= 0.3 is 0 Å². The van der Waals surface area contributed by atoms with Crippen molar-refractivity contribution in [1.29, 1.82) is 0 Å². The van der Waals surface area contributed by atoms with E-state index >= 15 is 0 Å². The Morgan fingerprint density at radius 2 is 1.51 bits per heavy atom. The Balaban J connectivity index is 2.00. The molecule has 196 valence electrons. The topological polar surface area (TPSA) is 86.8 Å². The minimum Gasteiger partial charge on any atom is -0.352 e. The standard InChI is InChI=1S/C27H29ClIN3O4S/c1-19(2)30-27(34)20(3)31(17-21-9-11-22(28)12-10-21)26(33)18-32(24-15-13-23(29)14-16-24)37(35,36)25-7-5-4-6-8-25/h4-16,19-20H,17-18H2,1-3H3,(H,30,34)/t20-/m1/s1. The Kier molecular flexibility index (Phi) is 9.97. The molecular weight excluding hydrogens is 625 g/mol. The largest absolute Gasteiger partial charge is 0.352 e. The van der Waals surface area contributed by atoms with E-state index in [-0.39, 0.29) is 23.4 Å². The first kappa shape index (κ1) is 28.9. The number of halogens is 2.